The van der Waals surface area contributed by atoms with Gasteiger partial charge in [0.15, 0.2) is 0 Å². The third-order valence-electron chi connectivity index (χ3n) is 3.22. The van der Waals surface area contributed by atoms with E-state index in [1.165, 1.54) is 6.07 Å². The molecule has 0 saturated carbocycles. The van der Waals surface area contributed by atoms with Crippen molar-refractivity contribution in [3.63, 3.8) is 0 Å². The fraction of sp³-hybridized carbons (Fsp3) is 0. The van der Waals surface area contributed by atoms with Crippen LogP contribution in [0, 0.1) is 5.82 Å². The zero-order valence-corrected chi connectivity index (χ0v) is 12.6. The van der Waals surface area contributed by atoms with Crippen LogP contribution in [0.3, 0.4) is 0 Å². The summed E-state index contributed by atoms with van der Waals surface area (Å²) in [6.07, 6.45) is 1.14. The topological polar surface area (TPSA) is 67.0 Å². The van der Waals surface area contributed by atoms with Crippen molar-refractivity contribution < 1.29 is 12.8 Å². The number of hydrogen-bond acceptors (Lipinski definition) is 3. The minimum atomic E-state index is -4.04. The van der Waals surface area contributed by atoms with Crippen molar-refractivity contribution >= 4 is 32.3 Å². The number of sulfone groups is 1. The largest absolute Gasteiger partial charge is 0.360 e. The lowest BCUT2D eigenvalue weighted by Crippen LogP contribution is -2.16. The van der Waals surface area contributed by atoms with Gasteiger partial charge in [-0.05, 0) is 42.5 Å². The van der Waals surface area contributed by atoms with Gasteiger partial charge in [-0.2, -0.15) is 0 Å². The number of pyridine rings is 1. The highest BCUT2D eigenvalue weighted by Gasteiger charge is 2.22. The Morgan fingerprint density at radius 2 is 1.73 bits per heavy atom. The number of aromatic amines is 1. The quantitative estimate of drug-likeness (QED) is 0.730. The van der Waals surface area contributed by atoms with E-state index in [2.05, 4.69) is 4.98 Å². The van der Waals surface area contributed by atoms with Crippen molar-refractivity contribution in [2.45, 2.75) is 9.79 Å². The summed E-state index contributed by atoms with van der Waals surface area (Å²) in [7, 11) is -4.04. The third kappa shape index (κ3) is 2.40. The average molecular weight is 338 g/mol. The Kier molecular flexibility index (Phi) is 3.50. The highest BCUT2D eigenvalue weighted by Crippen LogP contribution is 2.21. The SMILES string of the molecule is O=c1c(S(=O)(=O)c2ccc(F)cc2)c[nH]c2ccc(Cl)cc12. The van der Waals surface area contributed by atoms with Gasteiger partial charge in [0.2, 0.25) is 15.3 Å². The lowest BCUT2D eigenvalue weighted by molar-refractivity contribution is 0.594. The Bertz CT molecular complexity index is 1030. The van der Waals surface area contributed by atoms with Crippen LogP contribution in [-0.2, 0) is 9.84 Å². The van der Waals surface area contributed by atoms with Crippen molar-refractivity contribution in [1.82, 2.24) is 4.98 Å². The molecule has 22 heavy (non-hydrogen) atoms. The van der Waals surface area contributed by atoms with Crippen molar-refractivity contribution in [3.05, 3.63) is 69.7 Å². The first-order valence-electron chi connectivity index (χ1n) is 6.21. The van der Waals surface area contributed by atoms with Crippen molar-refractivity contribution in [2.75, 3.05) is 0 Å². The second-order valence-electron chi connectivity index (χ2n) is 4.63. The predicted octanol–water partition coefficient (Wildman–Crippen LogP) is 3.15. The molecule has 0 amide bonds. The van der Waals surface area contributed by atoms with Crippen LogP contribution in [0.4, 0.5) is 4.39 Å². The van der Waals surface area contributed by atoms with E-state index in [-0.39, 0.29) is 10.3 Å². The maximum absolute atomic E-state index is 12.9. The van der Waals surface area contributed by atoms with E-state index < -0.39 is 26.0 Å². The molecule has 0 aliphatic carbocycles. The van der Waals surface area contributed by atoms with E-state index in [0.29, 0.717) is 10.5 Å². The smallest absolute Gasteiger partial charge is 0.211 e. The number of benzene rings is 2. The molecule has 0 fully saturated rings. The first-order chi connectivity index (χ1) is 10.4. The number of nitrogens with one attached hydrogen (secondary N) is 1. The fourth-order valence-corrected chi connectivity index (χ4v) is 3.60. The minimum Gasteiger partial charge on any atom is -0.360 e. The number of hydrogen-bond donors (Lipinski definition) is 1. The van der Waals surface area contributed by atoms with Gasteiger partial charge in [-0.15, -0.1) is 0 Å². The number of H-pyrrole nitrogens is 1. The summed E-state index contributed by atoms with van der Waals surface area (Å²) in [5.41, 5.74) is -0.173. The molecular weight excluding hydrogens is 329 g/mol. The summed E-state index contributed by atoms with van der Waals surface area (Å²) >= 11 is 5.85. The van der Waals surface area contributed by atoms with Crippen LogP contribution in [0.25, 0.3) is 10.9 Å². The zero-order chi connectivity index (χ0) is 15.9. The van der Waals surface area contributed by atoms with Crippen LogP contribution >= 0.6 is 11.6 Å². The summed E-state index contributed by atoms with van der Waals surface area (Å²) in [4.78, 5) is 14.6. The lowest BCUT2D eigenvalue weighted by atomic mass is 10.2. The molecule has 0 unspecified atom stereocenters. The first-order valence-corrected chi connectivity index (χ1v) is 8.07. The molecule has 0 spiro atoms. The van der Waals surface area contributed by atoms with Crippen LogP contribution < -0.4 is 5.43 Å². The van der Waals surface area contributed by atoms with E-state index in [1.54, 1.807) is 12.1 Å². The molecular formula is C15H9ClFNO3S. The number of halogens is 2. The van der Waals surface area contributed by atoms with Crippen LogP contribution in [0.5, 0.6) is 0 Å². The molecule has 2 aromatic carbocycles. The van der Waals surface area contributed by atoms with Gasteiger partial charge in [0, 0.05) is 22.1 Å². The molecule has 0 bridgehead atoms. The molecule has 4 nitrogen and oxygen atoms in total. The second kappa shape index (κ2) is 5.23. The summed E-state index contributed by atoms with van der Waals surface area (Å²) in [5, 5.41) is 0.505. The molecule has 0 radical (unpaired) electrons. The molecule has 0 aliphatic heterocycles. The minimum absolute atomic E-state index is 0.152. The second-order valence-corrected chi connectivity index (χ2v) is 6.98. The molecule has 3 rings (SSSR count). The Morgan fingerprint density at radius 1 is 1.05 bits per heavy atom. The van der Waals surface area contributed by atoms with Gasteiger partial charge in [-0.3, -0.25) is 4.79 Å². The van der Waals surface area contributed by atoms with Gasteiger partial charge in [-0.25, -0.2) is 12.8 Å². The first kappa shape index (κ1) is 14.7. The Hall–Kier alpha value is -2.18. The van der Waals surface area contributed by atoms with Gasteiger partial charge in [0.1, 0.15) is 10.7 Å². The highest BCUT2D eigenvalue weighted by molar-refractivity contribution is 7.91. The molecule has 7 heteroatoms. The Morgan fingerprint density at radius 3 is 2.41 bits per heavy atom. The predicted molar refractivity (Wildman–Crippen MR) is 81.4 cm³/mol. The van der Waals surface area contributed by atoms with E-state index in [1.807, 2.05) is 0 Å². The zero-order valence-electron chi connectivity index (χ0n) is 11.0. The van der Waals surface area contributed by atoms with E-state index >= 15 is 0 Å². The standard InChI is InChI=1S/C15H9ClFNO3S/c16-9-1-6-13-12(7-9)15(19)14(8-18-13)22(20,21)11-4-2-10(17)3-5-11/h1-8H,(H,18,19). The van der Waals surface area contributed by atoms with Gasteiger partial charge >= 0.3 is 0 Å². The van der Waals surface area contributed by atoms with Crippen molar-refractivity contribution in [3.8, 4) is 0 Å². The van der Waals surface area contributed by atoms with Crippen LogP contribution in [-0.4, -0.2) is 13.4 Å². The molecule has 1 N–H and O–H groups in total. The van der Waals surface area contributed by atoms with Crippen LogP contribution in [0.15, 0.2) is 63.2 Å². The van der Waals surface area contributed by atoms with Crippen LogP contribution in [0.1, 0.15) is 0 Å². The number of aromatic nitrogens is 1. The lowest BCUT2D eigenvalue weighted by Gasteiger charge is -2.06. The molecule has 112 valence electrons. The number of fused-ring (bicyclic) bond motifs is 1. The van der Waals surface area contributed by atoms with Crippen molar-refractivity contribution in [2.24, 2.45) is 0 Å². The maximum atomic E-state index is 12.9. The molecule has 0 saturated heterocycles. The maximum Gasteiger partial charge on any atom is 0.211 e. The van der Waals surface area contributed by atoms with Gasteiger partial charge < -0.3 is 4.98 Å². The Labute approximate surface area is 130 Å². The molecule has 3 aromatic rings. The van der Waals surface area contributed by atoms with Gasteiger partial charge in [-0.1, -0.05) is 11.6 Å². The van der Waals surface area contributed by atoms with E-state index in [4.69, 9.17) is 11.6 Å². The summed E-state index contributed by atoms with van der Waals surface area (Å²) < 4.78 is 38.0. The summed E-state index contributed by atoms with van der Waals surface area (Å²) in [6, 6.07) is 8.87. The van der Waals surface area contributed by atoms with E-state index in [9.17, 15) is 17.6 Å². The summed E-state index contributed by atoms with van der Waals surface area (Å²) in [6.45, 7) is 0. The van der Waals surface area contributed by atoms with Crippen LogP contribution in [0.2, 0.25) is 5.02 Å². The van der Waals surface area contributed by atoms with E-state index in [0.717, 1.165) is 30.5 Å². The monoisotopic (exact) mass is 337 g/mol. The van der Waals surface area contributed by atoms with Crippen molar-refractivity contribution in [1.29, 1.82) is 0 Å². The fourth-order valence-electron chi connectivity index (χ4n) is 2.11. The third-order valence-corrected chi connectivity index (χ3v) is 5.23. The average Bonchev–Trinajstić information content (AvgIpc) is 2.48. The highest BCUT2D eigenvalue weighted by atomic mass is 35.5. The normalized spacial score (nSPS) is 11.7. The molecule has 0 aliphatic rings. The summed E-state index contributed by atoms with van der Waals surface area (Å²) in [5.74, 6) is -0.557. The molecule has 1 aromatic heterocycles. The van der Waals surface area contributed by atoms with Gasteiger partial charge in [0.05, 0.1) is 4.90 Å². The molecule has 1 heterocycles. The van der Waals surface area contributed by atoms with Gasteiger partial charge in [0.25, 0.3) is 0 Å². The Balaban J connectivity index is 2.27. The molecule has 0 atom stereocenters. The number of rotatable bonds is 2.